The molecule has 0 aliphatic rings. The Bertz CT molecular complexity index is 1400. The second-order valence-electron chi connectivity index (χ2n) is 9.33. The van der Waals surface area contributed by atoms with Crippen molar-refractivity contribution < 1.29 is 24.4 Å². The number of carbonyl (C=O) groups excluding carboxylic acids is 2. The number of hydrogen-bond acceptors (Lipinski definition) is 8. The van der Waals surface area contributed by atoms with Crippen molar-refractivity contribution in [3.63, 3.8) is 0 Å². The Kier molecular flexibility index (Phi) is 7.95. The van der Waals surface area contributed by atoms with E-state index in [1.54, 1.807) is 33.0 Å². The summed E-state index contributed by atoms with van der Waals surface area (Å²) in [6, 6.07) is 11.2. The van der Waals surface area contributed by atoms with E-state index >= 15 is 0 Å². The van der Waals surface area contributed by atoms with Crippen molar-refractivity contribution in [2.75, 3.05) is 0 Å². The number of rotatable bonds is 8. The Morgan fingerprint density at radius 3 is 2.46 bits per heavy atom. The van der Waals surface area contributed by atoms with Crippen molar-refractivity contribution >= 4 is 34.0 Å². The van der Waals surface area contributed by atoms with Crippen LogP contribution in [0.25, 0.3) is 16.5 Å². The molecule has 0 saturated carbocycles. The molecule has 1 unspecified atom stereocenters. The molecule has 0 bridgehead atoms. The van der Waals surface area contributed by atoms with Crippen LogP contribution in [0.1, 0.15) is 31.9 Å². The minimum absolute atomic E-state index is 0.0854. The third kappa shape index (κ3) is 6.50. The number of ether oxygens (including phenoxy) is 1. The highest BCUT2D eigenvalue weighted by Crippen LogP contribution is 2.24. The number of carbonyl (C=O) groups is 2. The average molecular weight is 506 g/mol. The van der Waals surface area contributed by atoms with Gasteiger partial charge in [-0.1, -0.05) is 18.2 Å². The van der Waals surface area contributed by atoms with Crippen molar-refractivity contribution in [1.82, 2.24) is 10.3 Å². The van der Waals surface area contributed by atoms with Gasteiger partial charge in [0.15, 0.2) is 11.8 Å². The zero-order chi connectivity index (χ0) is 27.3. The highest BCUT2D eigenvalue weighted by atomic mass is 16.6. The number of ketones is 1. The lowest BCUT2D eigenvalue weighted by atomic mass is 9.94. The van der Waals surface area contributed by atoms with E-state index in [2.05, 4.69) is 10.3 Å². The molecular weight excluding hydrogens is 478 g/mol. The number of aromatic nitrogens is 1. The molecule has 3 rings (SSSR count). The summed E-state index contributed by atoms with van der Waals surface area (Å²) in [6.45, 7) is 4.87. The fourth-order valence-electron chi connectivity index (χ4n) is 3.72. The Morgan fingerprint density at radius 2 is 1.86 bits per heavy atom. The van der Waals surface area contributed by atoms with Crippen LogP contribution in [0.5, 0.6) is 0 Å². The number of nitro groups is 1. The summed E-state index contributed by atoms with van der Waals surface area (Å²) in [5, 5.41) is 34.9. The molecule has 11 nitrogen and oxygen atoms in total. The third-order valence-electron chi connectivity index (χ3n) is 5.43. The van der Waals surface area contributed by atoms with Crippen LogP contribution in [0.15, 0.2) is 60.5 Å². The number of non-ortho nitro benzene ring substituents is 1. The lowest BCUT2D eigenvalue weighted by Gasteiger charge is -2.25. The summed E-state index contributed by atoms with van der Waals surface area (Å²) in [7, 11) is 0. The molecule has 0 aliphatic heterocycles. The number of hydrogen-bond donors (Lipinski definition) is 4. The Labute approximate surface area is 212 Å². The number of nitro benzene ring substituents is 1. The van der Waals surface area contributed by atoms with E-state index in [1.165, 1.54) is 12.1 Å². The van der Waals surface area contributed by atoms with E-state index in [1.807, 2.05) is 24.3 Å². The first-order valence-electron chi connectivity index (χ1n) is 11.3. The zero-order valence-electron chi connectivity index (χ0n) is 20.5. The Balaban J connectivity index is 1.97. The number of nitriles is 1. The molecule has 5 N–H and O–H groups in total. The van der Waals surface area contributed by atoms with Crippen molar-refractivity contribution in [3.8, 4) is 6.07 Å². The fourth-order valence-corrected chi connectivity index (χ4v) is 3.72. The number of nitrogens with zero attached hydrogens (tertiary/aromatic N) is 2. The van der Waals surface area contributed by atoms with E-state index in [9.17, 15) is 30.1 Å². The third-order valence-corrected chi connectivity index (χ3v) is 5.43. The van der Waals surface area contributed by atoms with Gasteiger partial charge in [-0.25, -0.2) is 4.79 Å². The molecule has 0 aliphatic carbocycles. The molecule has 1 aromatic heterocycles. The standard InChI is InChI=1S/C26H27N5O6/c1-26(2,3)37-25(34)30-22(23(32)19(13-27)15-8-10-17(11-9-15)31(35)36)24(33)20(28)12-16-14-29-21-7-5-4-6-18(16)21/h4-11,14,20,22,29,32H,12,28H2,1-3H3,(H,30,34)/b23-19-/t20?,22-/m1/s1. The number of allylic oxidation sites excluding steroid dienone is 1. The van der Waals surface area contributed by atoms with Crippen LogP contribution >= 0.6 is 0 Å². The van der Waals surface area contributed by atoms with Gasteiger partial charge in [0.05, 0.1) is 16.5 Å². The quantitative estimate of drug-likeness (QED) is 0.154. The van der Waals surface area contributed by atoms with Crippen molar-refractivity contribution in [3.05, 3.63) is 81.7 Å². The molecule has 0 fully saturated rings. The number of fused-ring (bicyclic) bond motifs is 1. The molecule has 3 aromatic rings. The predicted molar refractivity (Wildman–Crippen MR) is 136 cm³/mol. The predicted octanol–water partition coefficient (Wildman–Crippen LogP) is 3.90. The minimum Gasteiger partial charge on any atom is -0.508 e. The number of H-pyrrole nitrogens is 1. The maximum absolute atomic E-state index is 13.4. The first kappa shape index (κ1) is 26.9. The number of para-hydroxylation sites is 1. The second kappa shape index (κ2) is 10.9. The maximum Gasteiger partial charge on any atom is 0.408 e. The van der Waals surface area contributed by atoms with Gasteiger partial charge in [-0.3, -0.25) is 14.9 Å². The summed E-state index contributed by atoms with van der Waals surface area (Å²) < 4.78 is 5.23. The lowest BCUT2D eigenvalue weighted by molar-refractivity contribution is -0.384. The second-order valence-corrected chi connectivity index (χ2v) is 9.33. The number of benzene rings is 2. The lowest BCUT2D eigenvalue weighted by Crippen LogP contribution is -2.51. The summed E-state index contributed by atoms with van der Waals surface area (Å²) in [6.07, 6.45) is 0.807. The molecule has 1 heterocycles. The number of nitrogens with one attached hydrogen (secondary N) is 2. The highest BCUT2D eigenvalue weighted by molar-refractivity contribution is 5.97. The molecule has 2 aromatic carbocycles. The largest absolute Gasteiger partial charge is 0.508 e. The Morgan fingerprint density at radius 1 is 1.22 bits per heavy atom. The molecule has 0 spiro atoms. The van der Waals surface area contributed by atoms with Gasteiger partial charge in [0.25, 0.3) is 5.69 Å². The van der Waals surface area contributed by atoms with Gasteiger partial charge in [0.2, 0.25) is 0 Å². The van der Waals surface area contributed by atoms with Crippen LogP contribution in [-0.2, 0) is 16.0 Å². The molecule has 2 atom stereocenters. The highest BCUT2D eigenvalue weighted by Gasteiger charge is 2.33. The van der Waals surface area contributed by atoms with Crippen LogP contribution < -0.4 is 11.1 Å². The van der Waals surface area contributed by atoms with Gasteiger partial charge >= 0.3 is 6.09 Å². The van der Waals surface area contributed by atoms with Gasteiger partial charge in [-0.05, 0) is 56.5 Å². The van der Waals surface area contributed by atoms with E-state index in [4.69, 9.17) is 10.5 Å². The van der Waals surface area contributed by atoms with Crippen molar-refractivity contribution in [1.29, 1.82) is 5.26 Å². The Hall–Kier alpha value is -4.69. The average Bonchev–Trinajstić information content (AvgIpc) is 3.24. The summed E-state index contributed by atoms with van der Waals surface area (Å²) in [4.78, 5) is 39.4. The smallest absolute Gasteiger partial charge is 0.408 e. The number of aliphatic hydroxyl groups is 1. The number of nitrogens with two attached hydrogens (primary N) is 1. The minimum atomic E-state index is -1.71. The topological polar surface area (TPSA) is 184 Å². The summed E-state index contributed by atoms with van der Waals surface area (Å²) in [5.41, 5.74) is 6.47. The van der Waals surface area contributed by atoms with E-state index in [-0.39, 0.29) is 23.2 Å². The maximum atomic E-state index is 13.4. The van der Waals surface area contributed by atoms with Crippen LogP contribution in [0, 0.1) is 21.4 Å². The molecule has 1 amide bonds. The molecular formula is C26H27N5O6. The van der Waals surface area contributed by atoms with Crippen molar-refractivity contribution in [2.45, 2.75) is 44.9 Å². The van der Waals surface area contributed by atoms with E-state index < -0.39 is 40.2 Å². The first-order chi connectivity index (χ1) is 17.4. The molecule has 192 valence electrons. The molecule has 11 heteroatoms. The number of alkyl carbamates (subject to hydrolysis) is 1. The molecule has 37 heavy (non-hydrogen) atoms. The van der Waals surface area contributed by atoms with Crippen LogP contribution in [0.3, 0.4) is 0 Å². The normalized spacial score (nSPS) is 13.7. The van der Waals surface area contributed by atoms with Crippen LogP contribution in [-0.4, -0.2) is 44.6 Å². The van der Waals surface area contributed by atoms with Gasteiger partial charge < -0.3 is 25.9 Å². The van der Waals surface area contributed by atoms with E-state index in [0.29, 0.717) is 0 Å². The first-order valence-corrected chi connectivity index (χ1v) is 11.3. The van der Waals surface area contributed by atoms with E-state index in [0.717, 1.165) is 28.6 Å². The molecule has 0 saturated heterocycles. The van der Waals surface area contributed by atoms with Crippen molar-refractivity contribution in [2.24, 2.45) is 5.73 Å². The summed E-state index contributed by atoms with van der Waals surface area (Å²) >= 11 is 0. The number of aliphatic hydroxyl groups excluding tert-OH is 1. The van der Waals surface area contributed by atoms with Crippen LogP contribution in [0.2, 0.25) is 0 Å². The van der Waals surface area contributed by atoms with Crippen LogP contribution in [0.4, 0.5) is 10.5 Å². The number of aromatic amines is 1. The zero-order valence-corrected chi connectivity index (χ0v) is 20.5. The van der Waals surface area contributed by atoms with Gasteiger partial charge in [0, 0.05) is 29.2 Å². The fraction of sp³-hybridized carbons (Fsp3) is 0.269. The SMILES string of the molecule is CC(C)(C)OC(=O)N[C@@H](C(=O)C(N)Cc1c[nH]c2ccccc12)/C(O)=C(\C#N)c1ccc([N+](=O)[O-])cc1. The molecule has 0 radical (unpaired) electrons. The summed E-state index contributed by atoms with van der Waals surface area (Å²) in [5.74, 6) is -1.52. The van der Waals surface area contributed by atoms with Gasteiger partial charge in [-0.2, -0.15) is 5.26 Å². The van der Waals surface area contributed by atoms with Gasteiger partial charge in [-0.15, -0.1) is 0 Å². The number of amides is 1. The number of Topliss-reactive ketones (excluding diaryl/α,β-unsaturated/α-hetero) is 1. The van der Waals surface area contributed by atoms with Gasteiger partial charge in [0.1, 0.15) is 17.4 Å². The monoisotopic (exact) mass is 505 g/mol.